The van der Waals surface area contributed by atoms with Crippen molar-refractivity contribution in [2.24, 2.45) is 0 Å². The van der Waals surface area contributed by atoms with Gasteiger partial charge < -0.3 is 19.3 Å². The summed E-state index contributed by atoms with van der Waals surface area (Å²) >= 11 is 0. The Morgan fingerprint density at radius 1 is 1.05 bits per heavy atom. The molecule has 3 atom stereocenters. The predicted molar refractivity (Wildman–Crippen MR) is 139 cm³/mol. The van der Waals surface area contributed by atoms with Crippen LogP contribution >= 0.6 is 0 Å². The number of ether oxygens (including phenoxy) is 3. The molecule has 1 aliphatic rings. The Balaban J connectivity index is 1.35. The second-order valence-corrected chi connectivity index (χ2v) is 9.46. The van der Waals surface area contributed by atoms with Crippen molar-refractivity contribution in [1.29, 1.82) is 0 Å². The van der Waals surface area contributed by atoms with Crippen molar-refractivity contribution >= 4 is 17.7 Å². The lowest BCUT2D eigenvalue weighted by molar-refractivity contribution is -0.156. The van der Waals surface area contributed by atoms with E-state index in [0.29, 0.717) is 16.8 Å². The van der Waals surface area contributed by atoms with Crippen molar-refractivity contribution in [3.63, 3.8) is 0 Å². The predicted octanol–water partition coefficient (Wildman–Crippen LogP) is 2.64. The number of aryl methyl sites for hydroxylation is 2. The Morgan fingerprint density at radius 2 is 1.74 bits per heavy atom. The van der Waals surface area contributed by atoms with E-state index in [0.717, 1.165) is 16.7 Å². The lowest BCUT2D eigenvalue weighted by atomic mass is 10.0. The third-order valence-corrected chi connectivity index (χ3v) is 6.76. The topological polar surface area (TPSA) is 134 Å². The SMILES string of the molecule is Cc1cc(C(=O)OCC(=O)OC2CC(n3ccc(CC(=O)c4ccccc4)nc3=O)OC2CO)cc(C)c1C. The summed E-state index contributed by atoms with van der Waals surface area (Å²) in [6.45, 7) is 4.66. The molecular weight excluding hydrogens is 504 g/mol. The molecule has 0 amide bonds. The highest BCUT2D eigenvalue weighted by atomic mass is 16.6. The molecule has 39 heavy (non-hydrogen) atoms. The first kappa shape index (κ1) is 27.9. The van der Waals surface area contributed by atoms with E-state index in [4.69, 9.17) is 14.2 Å². The summed E-state index contributed by atoms with van der Waals surface area (Å²) in [4.78, 5) is 53.9. The number of nitrogens with zero attached hydrogens (tertiary/aromatic N) is 2. The van der Waals surface area contributed by atoms with Gasteiger partial charge in [-0.2, -0.15) is 4.98 Å². The molecule has 0 saturated carbocycles. The fourth-order valence-corrected chi connectivity index (χ4v) is 4.38. The standard InChI is InChI=1S/C29H30N2O8/c1-17-11-21(12-18(2)19(17)3)28(35)37-16-27(34)39-24-14-26(38-25(24)15-32)31-10-9-22(30-29(31)36)13-23(33)20-7-5-4-6-8-20/h4-12,24-26,32H,13-16H2,1-3H3. The van der Waals surface area contributed by atoms with Gasteiger partial charge in [0.15, 0.2) is 12.4 Å². The normalized spacial score (nSPS) is 18.5. The van der Waals surface area contributed by atoms with E-state index in [-0.39, 0.29) is 18.6 Å². The molecule has 1 saturated heterocycles. The van der Waals surface area contributed by atoms with Crippen molar-refractivity contribution < 1.29 is 33.7 Å². The zero-order valence-corrected chi connectivity index (χ0v) is 22.0. The summed E-state index contributed by atoms with van der Waals surface area (Å²) < 4.78 is 17.5. The van der Waals surface area contributed by atoms with Crippen LogP contribution in [-0.2, 0) is 25.4 Å². The minimum Gasteiger partial charge on any atom is -0.457 e. The molecule has 0 bridgehead atoms. The molecule has 0 spiro atoms. The van der Waals surface area contributed by atoms with Crippen LogP contribution in [-0.4, -0.2) is 57.8 Å². The van der Waals surface area contributed by atoms with E-state index in [1.54, 1.807) is 42.5 Å². The van der Waals surface area contributed by atoms with Crippen molar-refractivity contribution in [3.05, 3.63) is 98.7 Å². The second kappa shape index (κ2) is 12.1. The summed E-state index contributed by atoms with van der Waals surface area (Å²) in [5.41, 5.74) is 3.47. The number of carbonyl (C=O) groups excluding carboxylic acids is 3. The van der Waals surface area contributed by atoms with Crippen LogP contribution < -0.4 is 5.69 Å². The molecule has 4 rings (SSSR count). The fraction of sp³-hybridized carbons (Fsp3) is 0.345. The molecule has 0 radical (unpaired) electrons. The van der Waals surface area contributed by atoms with Gasteiger partial charge in [-0.1, -0.05) is 30.3 Å². The maximum Gasteiger partial charge on any atom is 0.349 e. The first-order chi connectivity index (χ1) is 18.7. The number of carbonyl (C=O) groups is 3. The van der Waals surface area contributed by atoms with Gasteiger partial charge in [0.05, 0.1) is 24.3 Å². The third-order valence-electron chi connectivity index (χ3n) is 6.76. The van der Waals surface area contributed by atoms with Crippen LogP contribution in [0.15, 0.2) is 59.5 Å². The van der Waals surface area contributed by atoms with Crippen LogP contribution in [0.2, 0.25) is 0 Å². The summed E-state index contributed by atoms with van der Waals surface area (Å²) in [5, 5.41) is 9.73. The van der Waals surface area contributed by atoms with Gasteiger partial charge in [-0.25, -0.2) is 14.4 Å². The Hall–Kier alpha value is -4.15. The maximum atomic E-state index is 12.7. The quantitative estimate of drug-likeness (QED) is 0.325. The molecule has 1 fully saturated rings. The number of hydrogen-bond acceptors (Lipinski definition) is 9. The van der Waals surface area contributed by atoms with E-state index in [9.17, 15) is 24.3 Å². The largest absolute Gasteiger partial charge is 0.457 e. The Kier molecular flexibility index (Phi) is 8.68. The van der Waals surface area contributed by atoms with E-state index in [1.165, 1.54) is 10.8 Å². The maximum absolute atomic E-state index is 12.7. The van der Waals surface area contributed by atoms with Gasteiger partial charge >= 0.3 is 17.6 Å². The van der Waals surface area contributed by atoms with Crippen molar-refractivity contribution in [2.75, 3.05) is 13.2 Å². The number of hydrogen-bond donors (Lipinski definition) is 1. The lowest BCUT2D eigenvalue weighted by Gasteiger charge is -2.16. The highest BCUT2D eigenvalue weighted by molar-refractivity contribution is 5.97. The van der Waals surface area contributed by atoms with Crippen molar-refractivity contribution in [3.8, 4) is 0 Å². The lowest BCUT2D eigenvalue weighted by Crippen LogP contribution is -2.31. The molecule has 1 aliphatic heterocycles. The zero-order valence-electron chi connectivity index (χ0n) is 22.0. The highest BCUT2D eigenvalue weighted by Gasteiger charge is 2.39. The van der Waals surface area contributed by atoms with Crippen LogP contribution in [0, 0.1) is 20.8 Å². The number of esters is 2. The molecule has 1 aromatic heterocycles. The van der Waals surface area contributed by atoms with E-state index >= 15 is 0 Å². The number of aliphatic hydroxyl groups excluding tert-OH is 1. The van der Waals surface area contributed by atoms with Crippen LogP contribution in [0.3, 0.4) is 0 Å². The van der Waals surface area contributed by atoms with Crippen molar-refractivity contribution in [2.45, 2.75) is 52.0 Å². The molecule has 0 aliphatic carbocycles. The minimum absolute atomic E-state index is 0.0361. The summed E-state index contributed by atoms with van der Waals surface area (Å²) in [7, 11) is 0. The molecule has 10 nitrogen and oxygen atoms in total. The number of aromatic nitrogens is 2. The summed E-state index contributed by atoms with van der Waals surface area (Å²) in [5.74, 6) is -1.63. The average Bonchev–Trinajstić information content (AvgIpc) is 3.32. The van der Waals surface area contributed by atoms with Gasteiger partial charge in [0.2, 0.25) is 0 Å². The zero-order chi connectivity index (χ0) is 28.1. The Morgan fingerprint density at radius 3 is 2.38 bits per heavy atom. The molecular formula is C29H30N2O8. The smallest absolute Gasteiger partial charge is 0.349 e. The van der Waals surface area contributed by atoms with Crippen LogP contribution in [0.1, 0.15) is 55.7 Å². The van der Waals surface area contributed by atoms with Crippen molar-refractivity contribution in [1.82, 2.24) is 9.55 Å². The number of Topliss-reactive ketones (excluding diaryl/α,β-unsaturated/α-hetero) is 1. The highest BCUT2D eigenvalue weighted by Crippen LogP contribution is 2.30. The number of benzene rings is 2. The fourth-order valence-electron chi connectivity index (χ4n) is 4.38. The molecule has 1 N–H and O–H groups in total. The third kappa shape index (κ3) is 6.65. The van der Waals surface area contributed by atoms with Crippen LogP contribution in [0.25, 0.3) is 0 Å². The monoisotopic (exact) mass is 534 g/mol. The molecule has 204 valence electrons. The van der Waals surface area contributed by atoms with E-state index in [2.05, 4.69) is 4.98 Å². The first-order valence-corrected chi connectivity index (χ1v) is 12.5. The van der Waals surface area contributed by atoms with Gasteiger partial charge in [-0.05, 0) is 55.7 Å². The molecule has 10 heteroatoms. The minimum atomic E-state index is -0.886. The van der Waals surface area contributed by atoms with Gasteiger partial charge in [0, 0.05) is 18.2 Å². The number of rotatable bonds is 9. The Labute approximate surface area is 225 Å². The first-order valence-electron chi connectivity index (χ1n) is 12.5. The second-order valence-electron chi connectivity index (χ2n) is 9.46. The van der Waals surface area contributed by atoms with Gasteiger partial charge in [-0.15, -0.1) is 0 Å². The van der Waals surface area contributed by atoms with Gasteiger partial charge in [-0.3, -0.25) is 9.36 Å². The molecule has 3 unspecified atom stereocenters. The molecule has 3 aromatic rings. The molecule has 2 heterocycles. The molecule has 2 aromatic carbocycles. The van der Waals surface area contributed by atoms with Crippen LogP contribution in [0.4, 0.5) is 0 Å². The number of aliphatic hydroxyl groups is 1. The summed E-state index contributed by atoms with van der Waals surface area (Å²) in [6.07, 6.45) is -1.11. The average molecular weight is 535 g/mol. The summed E-state index contributed by atoms with van der Waals surface area (Å²) in [6, 6.07) is 13.6. The van der Waals surface area contributed by atoms with E-state index in [1.807, 2.05) is 26.8 Å². The van der Waals surface area contributed by atoms with Crippen LogP contribution in [0.5, 0.6) is 0 Å². The Bertz CT molecular complexity index is 1410. The van der Waals surface area contributed by atoms with Gasteiger partial charge in [0.1, 0.15) is 18.4 Å². The van der Waals surface area contributed by atoms with Gasteiger partial charge in [0.25, 0.3) is 0 Å². The number of ketones is 1. The van der Waals surface area contributed by atoms with E-state index < -0.39 is 49.3 Å².